The van der Waals surface area contributed by atoms with Crippen LogP contribution in [0.5, 0.6) is 0 Å². The van der Waals surface area contributed by atoms with Gasteiger partial charge in [0, 0.05) is 12.0 Å². The van der Waals surface area contributed by atoms with Crippen molar-refractivity contribution < 1.29 is 9.53 Å². The minimum Gasteiger partial charge on any atom is -0.369 e. The Morgan fingerprint density at radius 2 is 2.35 bits per heavy atom. The summed E-state index contributed by atoms with van der Waals surface area (Å²) in [7, 11) is 1.57. The van der Waals surface area contributed by atoms with Crippen molar-refractivity contribution >= 4 is 17.2 Å². The maximum Gasteiger partial charge on any atom is 0.252 e. The molecule has 2 rings (SSSR count). The maximum atomic E-state index is 12.1. The second kappa shape index (κ2) is 4.78. The zero-order chi connectivity index (χ0) is 12.5. The van der Waals surface area contributed by atoms with Crippen molar-refractivity contribution in [2.24, 2.45) is 0 Å². The van der Waals surface area contributed by atoms with E-state index >= 15 is 0 Å². The zero-order valence-corrected chi connectivity index (χ0v) is 11.4. The van der Waals surface area contributed by atoms with E-state index in [4.69, 9.17) is 4.74 Å². The molecule has 0 saturated carbocycles. The quantitative estimate of drug-likeness (QED) is 0.899. The fraction of sp³-hybridized carbons (Fsp3) is 0.615. The van der Waals surface area contributed by atoms with E-state index in [0.29, 0.717) is 0 Å². The smallest absolute Gasteiger partial charge is 0.252 e. The molecule has 0 spiro atoms. The van der Waals surface area contributed by atoms with Crippen LogP contribution in [0.25, 0.3) is 0 Å². The lowest BCUT2D eigenvalue weighted by molar-refractivity contribution is -0.140. The van der Waals surface area contributed by atoms with Gasteiger partial charge in [-0.05, 0) is 50.1 Å². The predicted octanol–water partition coefficient (Wildman–Crippen LogP) is 2.67. The van der Waals surface area contributed by atoms with Crippen LogP contribution < -0.4 is 5.32 Å². The lowest BCUT2D eigenvalue weighted by atomic mass is 9.93. The van der Waals surface area contributed by atoms with E-state index in [-0.39, 0.29) is 11.9 Å². The van der Waals surface area contributed by atoms with Crippen LogP contribution in [0, 0.1) is 0 Å². The Labute approximate surface area is 106 Å². The number of amides is 1. The first-order valence-electron chi connectivity index (χ1n) is 5.97. The minimum atomic E-state index is -0.756. The normalized spacial score (nSPS) is 19.8. The van der Waals surface area contributed by atoms with Gasteiger partial charge >= 0.3 is 0 Å². The molecule has 17 heavy (non-hydrogen) atoms. The molecule has 1 aliphatic rings. The van der Waals surface area contributed by atoms with Crippen LogP contribution in [0.15, 0.2) is 11.4 Å². The van der Waals surface area contributed by atoms with Crippen LogP contribution in [-0.4, -0.2) is 18.6 Å². The number of thiophene rings is 1. The van der Waals surface area contributed by atoms with Crippen molar-refractivity contribution in [1.29, 1.82) is 0 Å². The second-order valence-corrected chi connectivity index (χ2v) is 5.93. The van der Waals surface area contributed by atoms with E-state index in [1.165, 1.54) is 10.4 Å². The molecule has 3 nitrogen and oxygen atoms in total. The first-order chi connectivity index (χ1) is 8.04. The first kappa shape index (κ1) is 12.6. The van der Waals surface area contributed by atoms with Crippen molar-refractivity contribution in [3.63, 3.8) is 0 Å². The molecule has 1 unspecified atom stereocenters. The summed E-state index contributed by atoms with van der Waals surface area (Å²) in [4.78, 5) is 13.5. The average molecular weight is 253 g/mol. The van der Waals surface area contributed by atoms with Crippen LogP contribution in [-0.2, 0) is 16.0 Å². The van der Waals surface area contributed by atoms with Gasteiger partial charge in [-0.1, -0.05) is 0 Å². The Morgan fingerprint density at radius 3 is 3.06 bits per heavy atom. The number of methoxy groups -OCH3 is 1. The summed E-state index contributed by atoms with van der Waals surface area (Å²) in [5.41, 5.74) is 0.537. The van der Waals surface area contributed by atoms with Gasteiger partial charge in [0.25, 0.3) is 5.91 Å². The second-order valence-electron chi connectivity index (χ2n) is 4.93. The van der Waals surface area contributed by atoms with Gasteiger partial charge in [-0.15, -0.1) is 11.3 Å². The van der Waals surface area contributed by atoms with E-state index in [0.717, 1.165) is 19.3 Å². The molecule has 1 N–H and O–H groups in total. The average Bonchev–Trinajstić information content (AvgIpc) is 2.78. The summed E-state index contributed by atoms with van der Waals surface area (Å²) in [6, 6.07) is 2.29. The number of carbonyl (C=O) groups excluding carboxylic acids is 1. The highest BCUT2D eigenvalue weighted by Gasteiger charge is 2.31. The van der Waals surface area contributed by atoms with E-state index in [1.807, 2.05) is 0 Å². The standard InChI is InChI=1S/C13H19NO2S/c1-13(2,16-3)12(15)14-10-5-4-6-11-9(10)7-8-17-11/h7-8,10H,4-6H2,1-3H3,(H,14,15). The van der Waals surface area contributed by atoms with Crippen LogP contribution in [0.3, 0.4) is 0 Å². The van der Waals surface area contributed by atoms with Gasteiger partial charge in [-0.25, -0.2) is 0 Å². The summed E-state index contributed by atoms with van der Waals surface area (Å²) >= 11 is 1.79. The minimum absolute atomic E-state index is 0.0379. The SMILES string of the molecule is COC(C)(C)C(=O)NC1CCCc2sccc21. The highest BCUT2D eigenvalue weighted by molar-refractivity contribution is 7.10. The number of aryl methyl sites for hydroxylation is 1. The lowest BCUT2D eigenvalue weighted by Gasteiger charge is -2.28. The molecule has 94 valence electrons. The van der Waals surface area contributed by atoms with Crippen LogP contribution in [0.2, 0.25) is 0 Å². The topological polar surface area (TPSA) is 38.3 Å². The Kier molecular flexibility index (Phi) is 3.54. The third-order valence-corrected chi connectivity index (χ3v) is 4.41. The number of carbonyl (C=O) groups is 1. The van der Waals surface area contributed by atoms with Crippen molar-refractivity contribution in [2.75, 3.05) is 7.11 Å². The Balaban J connectivity index is 2.09. The van der Waals surface area contributed by atoms with Gasteiger partial charge in [0.15, 0.2) is 0 Å². The third-order valence-electron chi connectivity index (χ3n) is 3.41. The Morgan fingerprint density at radius 1 is 1.59 bits per heavy atom. The molecule has 4 heteroatoms. The molecule has 0 saturated heterocycles. The van der Waals surface area contributed by atoms with Gasteiger partial charge in [-0.2, -0.15) is 0 Å². The van der Waals surface area contributed by atoms with Gasteiger partial charge < -0.3 is 10.1 Å². The summed E-state index contributed by atoms with van der Waals surface area (Å²) in [6.45, 7) is 3.58. The van der Waals surface area contributed by atoms with Gasteiger partial charge in [-0.3, -0.25) is 4.79 Å². The number of hydrogen-bond donors (Lipinski definition) is 1. The number of rotatable bonds is 3. The third kappa shape index (κ3) is 2.53. The van der Waals surface area contributed by atoms with Crippen molar-refractivity contribution in [2.45, 2.75) is 44.8 Å². The van der Waals surface area contributed by atoms with Crippen molar-refractivity contribution in [3.05, 3.63) is 21.9 Å². The van der Waals surface area contributed by atoms with Gasteiger partial charge in [0.05, 0.1) is 6.04 Å². The predicted molar refractivity (Wildman–Crippen MR) is 69.2 cm³/mol. The van der Waals surface area contributed by atoms with E-state index in [1.54, 1.807) is 32.3 Å². The summed E-state index contributed by atoms with van der Waals surface area (Å²) < 4.78 is 5.20. The molecular formula is C13H19NO2S. The monoisotopic (exact) mass is 253 g/mol. The molecule has 1 aromatic heterocycles. The van der Waals surface area contributed by atoms with Crippen molar-refractivity contribution in [1.82, 2.24) is 5.32 Å². The van der Waals surface area contributed by atoms with Crippen LogP contribution >= 0.6 is 11.3 Å². The first-order valence-corrected chi connectivity index (χ1v) is 6.85. The van der Waals surface area contributed by atoms with Crippen molar-refractivity contribution in [3.8, 4) is 0 Å². The molecule has 1 heterocycles. The fourth-order valence-corrected chi connectivity index (χ4v) is 3.05. The fourth-order valence-electron chi connectivity index (χ4n) is 2.06. The van der Waals surface area contributed by atoms with E-state index < -0.39 is 5.60 Å². The summed E-state index contributed by atoms with van der Waals surface area (Å²) in [5.74, 6) is -0.0379. The molecule has 0 aromatic carbocycles. The van der Waals surface area contributed by atoms with Gasteiger partial charge in [0.1, 0.15) is 5.60 Å². The van der Waals surface area contributed by atoms with Crippen LogP contribution in [0.4, 0.5) is 0 Å². The molecule has 1 aromatic rings. The summed E-state index contributed by atoms with van der Waals surface area (Å²) in [6.07, 6.45) is 3.31. The maximum absolute atomic E-state index is 12.1. The highest BCUT2D eigenvalue weighted by atomic mass is 32.1. The number of ether oxygens (including phenoxy) is 1. The van der Waals surface area contributed by atoms with Crippen LogP contribution in [0.1, 0.15) is 43.2 Å². The molecule has 0 radical (unpaired) electrons. The number of fused-ring (bicyclic) bond motifs is 1. The Bertz CT molecular complexity index is 411. The molecule has 0 aliphatic heterocycles. The number of hydrogen-bond acceptors (Lipinski definition) is 3. The summed E-state index contributed by atoms with van der Waals surface area (Å²) in [5, 5.41) is 5.20. The molecule has 0 fully saturated rings. The van der Waals surface area contributed by atoms with E-state index in [9.17, 15) is 4.79 Å². The molecule has 1 amide bonds. The van der Waals surface area contributed by atoms with E-state index in [2.05, 4.69) is 16.8 Å². The van der Waals surface area contributed by atoms with Gasteiger partial charge in [0.2, 0.25) is 0 Å². The highest BCUT2D eigenvalue weighted by Crippen LogP contribution is 2.33. The molecule has 1 atom stereocenters. The number of nitrogens with one attached hydrogen (secondary N) is 1. The molecule has 1 aliphatic carbocycles. The molecule has 0 bridgehead atoms. The largest absolute Gasteiger partial charge is 0.369 e. The molecular weight excluding hydrogens is 234 g/mol. The zero-order valence-electron chi connectivity index (χ0n) is 10.6. The Hall–Kier alpha value is -0.870. The lowest BCUT2D eigenvalue weighted by Crippen LogP contribution is -2.45.